The number of nitrogens with zero attached hydrogens (tertiary/aromatic N) is 1. The fraction of sp³-hybridized carbons (Fsp3) is 0.717. The Morgan fingerprint density at radius 1 is 0.565 bits per heavy atom. The molecule has 0 radical (unpaired) electrons. The van der Waals surface area contributed by atoms with Crippen LogP contribution in [0.4, 0.5) is 0 Å². The number of rotatable bonds is 44. The van der Waals surface area contributed by atoms with Crippen LogP contribution in [0.3, 0.4) is 0 Å². The van der Waals surface area contributed by atoms with E-state index in [9.17, 15) is 19.4 Å². The number of aliphatic hydroxyl groups excluding tert-OH is 1. The minimum Gasteiger partial charge on any atom is -0.391 e. The average Bonchev–Trinajstić information content (AvgIpc) is 3.23. The van der Waals surface area contributed by atoms with E-state index in [-0.39, 0.29) is 19.1 Å². The van der Waals surface area contributed by atoms with Crippen molar-refractivity contribution < 1.29 is 32.9 Å². The zero-order valence-corrected chi connectivity index (χ0v) is 41.5. The number of carbonyl (C=O) groups is 1. The van der Waals surface area contributed by atoms with Gasteiger partial charge in [0.05, 0.1) is 39.9 Å². The van der Waals surface area contributed by atoms with E-state index < -0.39 is 20.0 Å². The van der Waals surface area contributed by atoms with Crippen LogP contribution in [-0.4, -0.2) is 73.4 Å². The van der Waals surface area contributed by atoms with Gasteiger partial charge in [-0.25, -0.2) is 4.57 Å². The maximum Gasteiger partial charge on any atom is 0.472 e. The monoisotopic (exact) mass is 888 g/mol. The molecule has 0 spiro atoms. The third kappa shape index (κ3) is 45.7. The third-order valence-electron chi connectivity index (χ3n) is 10.7. The lowest BCUT2D eigenvalue weighted by Gasteiger charge is -2.26. The first-order chi connectivity index (χ1) is 30.0. The van der Waals surface area contributed by atoms with Crippen molar-refractivity contribution in [2.45, 2.75) is 206 Å². The molecule has 0 saturated carbocycles. The smallest absolute Gasteiger partial charge is 0.391 e. The Kier molecular flexibility index (Phi) is 42.3. The molecule has 0 aliphatic rings. The standard InChI is InChI=1S/C53H95N2O6P/c1-6-8-10-12-14-15-16-17-18-19-20-21-22-23-24-25-26-27-28-29-30-31-32-33-34-35-36-37-38-39-41-43-45-47-53(57)54-51(52(56)46-44-42-40-13-11-9-7-2)50-61-62(58,59)60-49-48-55(3,4)5/h8,10,14-15,17-18,20-21,23-24,26-27,29-30,51-52,56H,6-7,9,11-13,16,19,22,25,28,31-50H2,1-5H3,(H-,54,57,58,59)/p+1/b10-8-,15-14-,18-17-,21-20-,24-23-,27-26-,30-29-. The molecule has 62 heavy (non-hydrogen) atoms. The molecule has 0 aromatic heterocycles. The van der Waals surface area contributed by atoms with Crippen LogP contribution in [0.25, 0.3) is 0 Å². The van der Waals surface area contributed by atoms with Crippen LogP contribution in [0.15, 0.2) is 85.1 Å². The van der Waals surface area contributed by atoms with Crippen LogP contribution in [0.2, 0.25) is 0 Å². The molecule has 8 nitrogen and oxygen atoms in total. The van der Waals surface area contributed by atoms with Crippen LogP contribution in [-0.2, 0) is 18.4 Å². The highest BCUT2D eigenvalue weighted by Crippen LogP contribution is 2.43. The van der Waals surface area contributed by atoms with Crippen molar-refractivity contribution in [1.82, 2.24) is 5.32 Å². The maximum absolute atomic E-state index is 12.9. The van der Waals surface area contributed by atoms with Crippen LogP contribution in [0, 0.1) is 0 Å². The summed E-state index contributed by atoms with van der Waals surface area (Å²) in [5.41, 5.74) is 0. The van der Waals surface area contributed by atoms with E-state index in [4.69, 9.17) is 9.05 Å². The molecule has 9 heteroatoms. The molecule has 1 amide bonds. The molecule has 0 fully saturated rings. The number of nitrogens with one attached hydrogen (secondary N) is 1. The van der Waals surface area contributed by atoms with E-state index in [1.807, 2.05) is 21.1 Å². The third-order valence-corrected chi connectivity index (χ3v) is 11.6. The average molecular weight is 888 g/mol. The van der Waals surface area contributed by atoms with Gasteiger partial charge in [-0.05, 0) is 70.6 Å². The molecule has 3 atom stereocenters. The van der Waals surface area contributed by atoms with Gasteiger partial charge < -0.3 is 19.8 Å². The predicted octanol–water partition coefficient (Wildman–Crippen LogP) is 14.5. The highest BCUT2D eigenvalue weighted by atomic mass is 31.2. The molecule has 0 bridgehead atoms. The normalized spacial score (nSPS) is 14.9. The lowest BCUT2D eigenvalue weighted by atomic mass is 10.0. The molecule has 3 N–H and O–H groups in total. The number of amides is 1. The Hall–Kier alpha value is -2.32. The van der Waals surface area contributed by atoms with E-state index in [1.54, 1.807) is 0 Å². The molecular formula is C53H96N2O6P+. The quantitative estimate of drug-likeness (QED) is 0.0244. The van der Waals surface area contributed by atoms with Gasteiger partial charge in [-0.3, -0.25) is 13.8 Å². The lowest BCUT2D eigenvalue weighted by Crippen LogP contribution is -2.46. The number of quaternary nitrogens is 1. The number of likely N-dealkylation sites (N-methyl/N-ethyl adjacent to an activating group) is 1. The summed E-state index contributed by atoms with van der Waals surface area (Å²) < 4.78 is 23.5. The molecule has 0 aliphatic heterocycles. The number of hydrogen-bond acceptors (Lipinski definition) is 5. The Labute approximate surface area is 382 Å². The Bertz CT molecular complexity index is 1280. The second kappa shape index (κ2) is 43.9. The first-order valence-electron chi connectivity index (χ1n) is 25.0. The largest absolute Gasteiger partial charge is 0.472 e. The minimum absolute atomic E-state index is 0.0701. The predicted molar refractivity (Wildman–Crippen MR) is 267 cm³/mol. The summed E-state index contributed by atoms with van der Waals surface area (Å²) in [5.74, 6) is -0.156. The van der Waals surface area contributed by atoms with Crippen molar-refractivity contribution in [3.05, 3.63) is 85.1 Å². The first kappa shape index (κ1) is 59.7. The van der Waals surface area contributed by atoms with Crippen molar-refractivity contribution in [2.75, 3.05) is 40.9 Å². The van der Waals surface area contributed by atoms with E-state index >= 15 is 0 Å². The van der Waals surface area contributed by atoms with Crippen LogP contribution in [0.5, 0.6) is 0 Å². The molecule has 358 valence electrons. The molecule has 0 heterocycles. The number of hydrogen-bond donors (Lipinski definition) is 3. The summed E-state index contributed by atoms with van der Waals surface area (Å²) in [4.78, 5) is 23.1. The highest BCUT2D eigenvalue weighted by molar-refractivity contribution is 7.47. The topological polar surface area (TPSA) is 105 Å². The van der Waals surface area contributed by atoms with Crippen molar-refractivity contribution in [2.24, 2.45) is 0 Å². The summed E-state index contributed by atoms with van der Waals surface area (Å²) >= 11 is 0. The van der Waals surface area contributed by atoms with Crippen molar-refractivity contribution >= 4 is 13.7 Å². The van der Waals surface area contributed by atoms with Gasteiger partial charge in [-0.15, -0.1) is 0 Å². The molecule has 0 rings (SSSR count). The Morgan fingerprint density at radius 2 is 0.968 bits per heavy atom. The molecular weight excluding hydrogens is 792 g/mol. The van der Waals surface area contributed by atoms with E-state index in [0.29, 0.717) is 23.9 Å². The highest BCUT2D eigenvalue weighted by Gasteiger charge is 2.28. The van der Waals surface area contributed by atoms with E-state index in [1.165, 1.54) is 83.5 Å². The summed E-state index contributed by atoms with van der Waals surface area (Å²) in [6, 6.07) is -0.763. The van der Waals surface area contributed by atoms with Gasteiger partial charge in [-0.1, -0.05) is 202 Å². The molecule has 0 aromatic carbocycles. The van der Waals surface area contributed by atoms with Gasteiger partial charge in [0, 0.05) is 6.42 Å². The van der Waals surface area contributed by atoms with Crippen molar-refractivity contribution in [3.63, 3.8) is 0 Å². The van der Waals surface area contributed by atoms with Gasteiger partial charge in [0.15, 0.2) is 0 Å². The number of allylic oxidation sites excluding steroid dienone is 14. The van der Waals surface area contributed by atoms with E-state index in [2.05, 4.69) is 104 Å². The molecule has 0 aromatic rings. The fourth-order valence-electron chi connectivity index (χ4n) is 6.73. The van der Waals surface area contributed by atoms with Gasteiger partial charge in [-0.2, -0.15) is 0 Å². The zero-order valence-electron chi connectivity index (χ0n) is 40.6. The Balaban J connectivity index is 4.00. The van der Waals surface area contributed by atoms with Gasteiger partial charge in [0.25, 0.3) is 0 Å². The minimum atomic E-state index is -4.31. The number of unbranched alkanes of at least 4 members (excludes halogenated alkanes) is 17. The van der Waals surface area contributed by atoms with Crippen molar-refractivity contribution in [3.8, 4) is 0 Å². The lowest BCUT2D eigenvalue weighted by molar-refractivity contribution is -0.870. The number of phosphoric acid groups is 1. The molecule has 3 unspecified atom stereocenters. The number of carbonyl (C=O) groups excluding carboxylic acids is 1. The van der Waals surface area contributed by atoms with Crippen LogP contribution < -0.4 is 5.32 Å². The maximum atomic E-state index is 12.9. The van der Waals surface area contributed by atoms with Gasteiger partial charge >= 0.3 is 7.82 Å². The first-order valence-corrected chi connectivity index (χ1v) is 26.4. The van der Waals surface area contributed by atoms with Gasteiger partial charge in [0.1, 0.15) is 13.2 Å². The molecule has 0 saturated heterocycles. The molecule has 0 aliphatic carbocycles. The second-order valence-corrected chi connectivity index (χ2v) is 19.3. The van der Waals surface area contributed by atoms with Crippen LogP contribution in [0.1, 0.15) is 194 Å². The Morgan fingerprint density at radius 3 is 1.42 bits per heavy atom. The van der Waals surface area contributed by atoms with Crippen LogP contribution >= 0.6 is 7.82 Å². The summed E-state index contributed by atoms with van der Waals surface area (Å²) in [5, 5.41) is 13.8. The zero-order chi connectivity index (χ0) is 45.7. The fourth-order valence-corrected chi connectivity index (χ4v) is 7.47. The van der Waals surface area contributed by atoms with E-state index in [0.717, 1.165) is 83.5 Å². The second-order valence-electron chi connectivity index (χ2n) is 17.8. The number of phosphoric ester groups is 1. The summed E-state index contributed by atoms with van der Waals surface area (Å²) in [6.45, 7) is 4.70. The van der Waals surface area contributed by atoms with Gasteiger partial charge in [0.2, 0.25) is 5.91 Å². The SMILES string of the molecule is CC/C=C\C/C=C\C/C=C\C/C=C\C/C=C\C/C=C\C/C=C\CCCCCCCCCCCCCC(=O)NC(COP(=O)(O)OCC[N+](C)(C)C)C(O)CCCCCCCCC. The number of aliphatic hydroxyl groups is 1. The summed E-state index contributed by atoms with van der Waals surface area (Å²) in [6.07, 6.45) is 60.8. The summed E-state index contributed by atoms with van der Waals surface area (Å²) in [7, 11) is 1.60. The van der Waals surface area contributed by atoms with Crippen molar-refractivity contribution in [1.29, 1.82) is 0 Å².